The summed E-state index contributed by atoms with van der Waals surface area (Å²) in [6.07, 6.45) is 3.84. The Labute approximate surface area is 146 Å². The average molecular weight is 338 g/mol. The molecule has 2 aliphatic carbocycles. The zero-order valence-electron chi connectivity index (χ0n) is 16.1. The number of aliphatic hydroxyl groups is 1. The van der Waals surface area contributed by atoms with Crippen molar-refractivity contribution in [3.8, 4) is 0 Å². The van der Waals surface area contributed by atoms with E-state index in [0.29, 0.717) is 12.8 Å². The van der Waals surface area contributed by atoms with Gasteiger partial charge < -0.3 is 14.6 Å². The lowest BCUT2D eigenvalue weighted by atomic mass is 9.67. The SMILES string of the molecule is CC(C)CC(=O)OC1CC2(C)OC2CC2(C)CCC(O)(C(C)C)C12. The minimum absolute atomic E-state index is 0.00524. The predicted molar refractivity (Wildman–Crippen MR) is 92.5 cm³/mol. The smallest absolute Gasteiger partial charge is 0.306 e. The average Bonchev–Trinajstić information content (AvgIpc) is 2.95. The Bertz CT molecular complexity index is 516. The third kappa shape index (κ3) is 2.90. The van der Waals surface area contributed by atoms with E-state index in [2.05, 4.69) is 27.7 Å². The van der Waals surface area contributed by atoms with Gasteiger partial charge in [-0.25, -0.2) is 0 Å². The summed E-state index contributed by atoms with van der Waals surface area (Å²) >= 11 is 0. The summed E-state index contributed by atoms with van der Waals surface area (Å²) in [4.78, 5) is 12.4. The van der Waals surface area contributed by atoms with Crippen molar-refractivity contribution in [1.29, 1.82) is 0 Å². The predicted octanol–water partition coefficient (Wildman–Crippen LogP) is 3.70. The van der Waals surface area contributed by atoms with Crippen LogP contribution in [0.5, 0.6) is 0 Å². The van der Waals surface area contributed by atoms with Crippen molar-refractivity contribution >= 4 is 5.97 Å². The van der Waals surface area contributed by atoms with Crippen LogP contribution < -0.4 is 0 Å². The van der Waals surface area contributed by atoms with Crippen LogP contribution in [0.3, 0.4) is 0 Å². The van der Waals surface area contributed by atoms with Gasteiger partial charge in [0.25, 0.3) is 0 Å². The number of fused-ring (bicyclic) bond motifs is 2. The summed E-state index contributed by atoms with van der Waals surface area (Å²) in [6.45, 7) is 12.6. The highest BCUT2D eigenvalue weighted by Crippen LogP contribution is 2.63. The summed E-state index contributed by atoms with van der Waals surface area (Å²) in [5.41, 5.74) is -0.973. The molecule has 0 radical (unpaired) electrons. The van der Waals surface area contributed by atoms with Crippen molar-refractivity contribution < 1.29 is 19.4 Å². The minimum atomic E-state index is -0.759. The van der Waals surface area contributed by atoms with Gasteiger partial charge in [0.15, 0.2) is 0 Å². The van der Waals surface area contributed by atoms with E-state index >= 15 is 0 Å². The molecule has 3 fully saturated rings. The van der Waals surface area contributed by atoms with Gasteiger partial charge in [0, 0.05) is 18.8 Å². The van der Waals surface area contributed by atoms with Gasteiger partial charge in [0.1, 0.15) is 6.10 Å². The fraction of sp³-hybridized carbons (Fsp3) is 0.950. The number of esters is 1. The molecule has 2 saturated carbocycles. The number of hydrogen-bond acceptors (Lipinski definition) is 4. The first-order valence-electron chi connectivity index (χ1n) is 9.60. The molecule has 0 spiro atoms. The Hall–Kier alpha value is -0.610. The van der Waals surface area contributed by atoms with Crippen molar-refractivity contribution in [3.63, 3.8) is 0 Å². The quantitative estimate of drug-likeness (QED) is 0.627. The second-order valence-corrected chi connectivity index (χ2v) is 9.73. The van der Waals surface area contributed by atoms with Gasteiger partial charge in [-0.15, -0.1) is 0 Å². The third-order valence-electron chi connectivity index (χ3n) is 6.91. The molecular weight excluding hydrogens is 304 g/mol. The second kappa shape index (κ2) is 5.70. The molecule has 1 heterocycles. The number of carbonyl (C=O) groups excluding carboxylic acids is 1. The van der Waals surface area contributed by atoms with E-state index < -0.39 is 5.60 Å². The van der Waals surface area contributed by atoms with Crippen molar-refractivity contribution in [2.24, 2.45) is 23.2 Å². The van der Waals surface area contributed by atoms with E-state index in [1.807, 2.05) is 13.8 Å². The first kappa shape index (κ1) is 18.2. The highest BCUT2D eigenvalue weighted by atomic mass is 16.6. The molecule has 138 valence electrons. The van der Waals surface area contributed by atoms with E-state index in [9.17, 15) is 9.90 Å². The summed E-state index contributed by atoms with van der Waals surface area (Å²) < 4.78 is 12.0. The lowest BCUT2D eigenvalue weighted by Crippen LogP contribution is -2.51. The highest BCUT2D eigenvalue weighted by Gasteiger charge is 2.68. The summed E-state index contributed by atoms with van der Waals surface area (Å²) in [5.74, 6) is 0.286. The number of rotatable bonds is 4. The van der Waals surface area contributed by atoms with Crippen molar-refractivity contribution in [2.75, 3.05) is 0 Å². The van der Waals surface area contributed by atoms with Crippen LogP contribution in [0.1, 0.15) is 73.6 Å². The maximum Gasteiger partial charge on any atom is 0.306 e. The monoisotopic (exact) mass is 338 g/mol. The van der Waals surface area contributed by atoms with E-state index in [-0.39, 0.29) is 46.9 Å². The minimum Gasteiger partial charge on any atom is -0.462 e. The maximum absolute atomic E-state index is 12.4. The normalized spacial score (nSPS) is 47.3. The van der Waals surface area contributed by atoms with Gasteiger partial charge in [-0.3, -0.25) is 4.79 Å². The van der Waals surface area contributed by atoms with Crippen LogP contribution in [0.2, 0.25) is 0 Å². The molecule has 0 aromatic heterocycles. The molecule has 1 N–H and O–H groups in total. The van der Waals surface area contributed by atoms with Crippen molar-refractivity contribution in [1.82, 2.24) is 0 Å². The van der Waals surface area contributed by atoms with Crippen molar-refractivity contribution in [3.05, 3.63) is 0 Å². The van der Waals surface area contributed by atoms with Crippen LogP contribution in [0.25, 0.3) is 0 Å². The molecule has 0 amide bonds. The standard InChI is InChI=1S/C20H34O4/c1-12(2)9-16(21)23-14-10-19(6)15(24-19)11-18(5)7-8-20(22,13(3)4)17(14)18/h12-15,17,22H,7-11H2,1-6H3. The molecule has 0 bridgehead atoms. The topological polar surface area (TPSA) is 59.1 Å². The summed E-state index contributed by atoms with van der Waals surface area (Å²) in [6, 6.07) is 0. The van der Waals surface area contributed by atoms with E-state index in [1.165, 1.54) is 0 Å². The number of epoxide rings is 1. The molecule has 24 heavy (non-hydrogen) atoms. The second-order valence-electron chi connectivity index (χ2n) is 9.73. The van der Waals surface area contributed by atoms with Crippen molar-refractivity contribution in [2.45, 2.75) is 97.1 Å². The molecule has 0 aromatic rings. The Morgan fingerprint density at radius 1 is 1.21 bits per heavy atom. The molecule has 4 heteroatoms. The summed E-state index contributed by atoms with van der Waals surface area (Å²) in [5, 5.41) is 11.5. The van der Waals surface area contributed by atoms with Gasteiger partial charge in [-0.05, 0) is 43.4 Å². The summed E-state index contributed by atoms with van der Waals surface area (Å²) in [7, 11) is 0. The van der Waals surface area contributed by atoms with Crippen LogP contribution in [0, 0.1) is 23.2 Å². The molecule has 1 aliphatic heterocycles. The van der Waals surface area contributed by atoms with Gasteiger partial charge in [0.2, 0.25) is 0 Å². The lowest BCUT2D eigenvalue weighted by molar-refractivity contribution is -0.169. The van der Waals surface area contributed by atoms with Gasteiger partial charge in [-0.2, -0.15) is 0 Å². The zero-order chi connectivity index (χ0) is 17.9. The zero-order valence-corrected chi connectivity index (χ0v) is 16.1. The highest BCUT2D eigenvalue weighted by molar-refractivity contribution is 5.69. The number of ether oxygens (including phenoxy) is 2. The first-order valence-corrected chi connectivity index (χ1v) is 9.60. The van der Waals surface area contributed by atoms with Crippen LogP contribution >= 0.6 is 0 Å². The molecular formula is C20H34O4. The Morgan fingerprint density at radius 2 is 1.88 bits per heavy atom. The molecule has 1 saturated heterocycles. The van der Waals surface area contributed by atoms with Crippen LogP contribution in [0.15, 0.2) is 0 Å². The van der Waals surface area contributed by atoms with E-state index in [0.717, 1.165) is 19.3 Å². The van der Waals surface area contributed by atoms with E-state index in [4.69, 9.17) is 9.47 Å². The Kier molecular flexibility index (Phi) is 4.32. The van der Waals surface area contributed by atoms with Crippen LogP contribution in [-0.4, -0.2) is 34.5 Å². The van der Waals surface area contributed by atoms with E-state index in [1.54, 1.807) is 0 Å². The number of hydrogen-bond donors (Lipinski definition) is 1. The molecule has 6 atom stereocenters. The fourth-order valence-electron chi connectivity index (χ4n) is 5.38. The van der Waals surface area contributed by atoms with Gasteiger partial charge in [-0.1, -0.05) is 34.6 Å². The van der Waals surface area contributed by atoms with Crippen LogP contribution in [0.4, 0.5) is 0 Å². The Morgan fingerprint density at radius 3 is 2.46 bits per heavy atom. The van der Waals surface area contributed by atoms with Crippen LogP contribution in [-0.2, 0) is 14.3 Å². The maximum atomic E-state index is 12.4. The number of carbonyl (C=O) groups is 1. The fourth-order valence-corrected chi connectivity index (χ4v) is 5.38. The first-order chi connectivity index (χ1) is 11.0. The molecule has 6 unspecified atom stereocenters. The molecule has 4 nitrogen and oxygen atoms in total. The molecule has 0 aromatic carbocycles. The lowest BCUT2D eigenvalue weighted by Gasteiger charge is -2.44. The van der Waals surface area contributed by atoms with Gasteiger partial charge >= 0.3 is 5.97 Å². The third-order valence-corrected chi connectivity index (χ3v) is 6.91. The molecule has 3 aliphatic rings. The Balaban J connectivity index is 1.91. The molecule has 3 rings (SSSR count). The largest absolute Gasteiger partial charge is 0.462 e. The van der Waals surface area contributed by atoms with Gasteiger partial charge in [0.05, 0.1) is 17.3 Å².